The fourth-order valence-electron chi connectivity index (χ4n) is 2.74. The number of carboxylic acids is 1. The van der Waals surface area contributed by atoms with Crippen LogP contribution < -0.4 is 10.2 Å². The normalized spacial score (nSPS) is 14.4. The monoisotopic (exact) mass is 397 g/mol. The van der Waals surface area contributed by atoms with E-state index in [1.807, 2.05) is 19.1 Å². The van der Waals surface area contributed by atoms with Crippen molar-refractivity contribution in [3.8, 4) is 5.75 Å². The molecule has 3 rings (SSSR count). The average Bonchev–Trinajstić information content (AvgIpc) is 2.77. The Kier molecular flexibility index (Phi) is 6.80. The summed E-state index contributed by atoms with van der Waals surface area (Å²) >= 11 is 0. The molecule has 0 aliphatic carbocycles. The molecule has 0 saturated carbocycles. The molecule has 0 aromatic heterocycles. The molecule has 0 radical (unpaired) electrons. The van der Waals surface area contributed by atoms with Gasteiger partial charge in [-0.1, -0.05) is 0 Å². The number of anilines is 1. The smallest absolute Gasteiger partial charge is 0.335 e. The highest BCUT2D eigenvalue weighted by Gasteiger charge is 2.17. The first-order valence-corrected chi connectivity index (χ1v) is 9.25. The van der Waals surface area contributed by atoms with Gasteiger partial charge in [-0.15, -0.1) is 0 Å². The zero-order chi connectivity index (χ0) is 20.6. The fraction of sp³-hybridized carbons (Fsp3) is 0.286. The summed E-state index contributed by atoms with van der Waals surface area (Å²) in [4.78, 5) is 24.7. The molecule has 152 valence electrons. The van der Waals surface area contributed by atoms with Gasteiger partial charge < -0.3 is 19.5 Å². The number of ether oxygens (including phenoxy) is 2. The second kappa shape index (κ2) is 9.70. The van der Waals surface area contributed by atoms with E-state index in [2.05, 4.69) is 10.5 Å². The van der Waals surface area contributed by atoms with Crippen molar-refractivity contribution >= 4 is 23.3 Å². The zero-order valence-corrected chi connectivity index (χ0v) is 16.1. The number of benzene rings is 2. The van der Waals surface area contributed by atoms with Crippen LogP contribution in [-0.2, 0) is 9.53 Å². The predicted molar refractivity (Wildman–Crippen MR) is 109 cm³/mol. The maximum absolute atomic E-state index is 12.1. The highest BCUT2D eigenvalue weighted by Crippen LogP contribution is 2.14. The number of morpholine rings is 1. The van der Waals surface area contributed by atoms with Crippen LogP contribution in [0.2, 0.25) is 0 Å². The van der Waals surface area contributed by atoms with Crippen LogP contribution >= 0.6 is 0 Å². The van der Waals surface area contributed by atoms with Crippen LogP contribution in [-0.4, -0.2) is 60.5 Å². The van der Waals surface area contributed by atoms with Gasteiger partial charge in [0.2, 0.25) is 0 Å². The number of hydrazone groups is 1. The molecule has 2 aromatic carbocycles. The number of nitrogens with zero attached hydrogens (tertiary/aromatic N) is 2. The van der Waals surface area contributed by atoms with Crippen LogP contribution in [0.5, 0.6) is 5.75 Å². The van der Waals surface area contributed by atoms with Crippen LogP contribution in [0.25, 0.3) is 0 Å². The Bertz CT molecular complexity index is 872. The van der Waals surface area contributed by atoms with E-state index >= 15 is 0 Å². The second-order valence-electron chi connectivity index (χ2n) is 6.50. The van der Waals surface area contributed by atoms with Crippen molar-refractivity contribution in [1.82, 2.24) is 4.90 Å². The molecule has 1 aliphatic rings. The minimum absolute atomic E-state index is 0.000309. The van der Waals surface area contributed by atoms with Gasteiger partial charge in [0.05, 0.1) is 30.2 Å². The van der Waals surface area contributed by atoms with Gasteiger partial charge in [-0.05, 0) is 61.0 Å². The van der Waals surface area contributed by atoms with Crippen LogP contribution in [0.3, 0.4) is 0 Å². The lowest BCUT2D eigenvalue weighted by Crippen LogP contribution is -2.42. The summed E-state index contributed by atoms with van der Waals surface area (Å²) in [6.45, 7) is 4.19. The highest BCUT2D eigenvalue weighted by molar-refractivity contribution is 5.99. The Morgan fingerprint density at radius 1 is 1.07 bits per heavy atom. The SMILES string of the molecule is C/C(=N/Nc1ccc(C(=O)O)cc1)c1ccc(OCC(=O)N2CCOCC2)cc1. The predicted octanol–water partition coefficient (Wildman–Crippen LogP) is 2.46. The van der Waals surface area contributed by atoms with Crippen molar-refractivity contribution in [3.05, 3.63) is 59.7 Å². The minimum atomic E-state index is -0.967. The maximum Gasteiger partial charge on any atom is 0.335 e. The number of nitrogens with one attached hydrogen (secondary N) is 1. The van der Waals surface area contributed by atoms with E-state index in [0.717, 1.165) is 11.3 Å². The maximum atomic E-state index is 12.1. The Hall–Kier alpha value is -3.39. The molecule has 2 N–H and O–H groups in total. The number of aromatic carboxylic acids is 1. The number of hydrogen-bond acceptors (Lipinski definition) is 6. The molecule has 0 spiro atoms. The van der Waals surface area contributed by atoms with Gasteiger partial charge in [0.1, 0.15) is 5.75 Å². The molecule has 0 bridgehead atoms. The van der Waals surface area contributed by atoms with Gasteiger partial charge in [0.15, 0.2) is 6.61 Å². The standard InChI is InChI=1S/C21H23N3O5/c1-15(22-23-18-6-2-17(3-7-18)21(26)27)16-4-8-19(9-5-16)29-14-20(25)24-10-12-28-13-11-24/h2-9,23H,10-14H2,1H3,(H,26,27)/b22-15-. The molecule has 1 fully saturated rings. The average molecular weight is 397 g/mol. The first-order valence-electron chi connectivity index (χ1n) is 9.25. The van der Waals surface area contributed by atoms with E-state index in [-0.39, 0.29) is 18.1 Å². The first kappa shape index (κ1) is 20.3. The third kappa shape index (κ3) is 5.79. The van der Waals surface area contributed by atoms with E-state index in [0.29, 0.717) is 37.7 Å². The number of carboxylic acid groups (broad SMARTS) is 1. The van der Waals surface area contributed by atoms with Crippen LogP contribution in [0.4, 0.5) is 5.69 Å². The molecule has 1 amide bonds. The van der Waals surface area contributed by atoms with Crippen molar-refractivity contribution in [2.45, 2.75) is 6.92 Å². The molecule has 0 unspecified atom stereocenters. The molecule has 8 heteroatoms. The number of carbonyl (C=O) groups excluding carboxylic acids is 1. The summed E-state index contributed by atoms with van der Waals surface area (Å²) in [5.74, 6) is -0.404. The molecular weight excluding hydrogens is 374 g/mol. The summed E-state index contributed by atoms with van der Waals surface area (Å²) in [5.41, 5.74) is 5.46. The summed E-state index contributed by atoms with van der Waals surface area (Å²) in [6, 6.07) is 13.7. The number of amides is 1. The molecule has 2 aromatic rings. The summed E-state index contributed by atoms with van der Waals surface area (Å²) in [7, 11) is 0. The zero-order valence-electron chi connectivity index (χ0n) is 16.1. The van der Waals surface area contributed by atoms with Crippen molar-refractivity contribution < 1.29 is 24.2 Å². The van der Waals surface area contributed by atoms with E-state index < -0.39 is 5.97 Å². The fourth-order valence-corrected chi connectivity index (χ4v) is 2.74. The van der Waals surface area contributed by atoms with Gasteiger partial charge in [0.25, 0.3) is 5.91 Å². The second-order valence-corrected chi connectivity index (χ2v) is 6.50. The van der Waals surface area contributed by atoms with Crippen molar-refractivity contribution in [2.24, 2.45) is 5.10 Å². The van der Waals surface area contributed by atoms with Gasteiger partial charge in [-0.25, -0.2) is 4.79 Å². The van der Waals surface area contributed by atoms with E-state index in [4.69, 9.17) is 14.6 Å². The Morgan fingerprint density at radius 3 is 2.31 bits per heavy atom. The molecule has 1 aliphatic heterocycles. The van der Waals surface area contributed by atoms with Crippen LogP contribution in [0.1, 0.15) is 22.8 Å². The largest absolute Gasteiger partial charge is 0.484 e. The van der Waals surface area contributed by atoms with Gasteiger partial charge >= 0.3 is 5.97 Å². The summed E-state index contributed by atoms with van der Waals surface area (Å²) < 4.78 is 10.8. The molecule has 8 nitrogen and oxygen atoms in total. The third-order valence-corrected chi connectivity index (χ3v) is 4.48. The minimum Gasteiger partial charge on any atom is -0.484 e. The van der Waals surface area contributed by atoms with Crippen LogP contribution in [0, 0.1) is 0 Å². The molecular formula is C21H23N3O5. The van der Waals surface area contributed by atoms with Crippen molar-refractivity contribution in [3.63, 3.8) is 0 Å². The Morgan fingerprint density at radius 2 is 1.69 bits per heavy atom. The summed E-state index contributed by atoms with van der Waals surface area (Å²) in [5, 5.41) is 13.2. The van der Waals surface area contributed by atoms with E-state index in [1.54, 1.807) is 29.2 Å². The van der Waals surface area contributed by atoms with Crippen molar-refractivity contribution in [1.29, 1.82) is 0 Å². The lowest BCUT2D eigenvalue weighted by atomic mass is 10.1. The Balaban J connectivity index is 1.52. The van der Waals surface area contributed by atoms with Crippen LogP contribution in [0.15, 0.2) is 53.6 Å². The van der Waals surface area contributed by atoms with Gasteiger partial charge in [-0.2, -0.15) is 5.10 Å². The van der Waals surface area contributed by atoms with Gasteiger partial charge in [0, 0.05) is 13.1 Å². The topological polar surface area (TPSA) is 100 Å². The number of carbonyl (C=O) groups is 2. The lowest BCUT2D eigenvalue weighted by molar-refractivity contribution is -0.137. The lowest BCUT2D eigenvalue weighted by Gasteiger charge is -2.26. The van der Waals surface area contributed by atoms with E-state index in [9.17, 15) is 9.59 Å². The number of hydrogen-bond donors (Lipinski definition) is 2. The first-order chi connectivity index (χ1) is 14.0. The van der Waals surface area contributed by atoms with E-state index in [1.165, 1.54) is 12.1 Å². The van der Waals surface area contributed by atoms with Gasteiger partial charge in [-0.3, -0.25) is 10.2 Å². The number of rotatable bonds is 7. The molecule has 0 atom stereocenters. The third-order valence-electron chi connectivity index (χ3n) is 4.48. The highest BCUT2D eigenvalue weighted by atomic mass is 16.5. The molecule has 1 saturated heterocycles. The molecule has 29 heavy (non-hydrogen) atoms. The Labute approximate surface area is 168 Å². The quantitative estimate of drug-likeness (QED) is 0.550. The molecule has 1 heterocycles. The van der Waals surface area contributed by atoms with Crippen molar-refractivity contribution in [2.75, 3.05) is 38.3 Å². The summed E-state index contributed by atoms with van der Waals surface area (Å²) in [6.07, 6.45) is 0.